The zero-order valence-electron chi connectivity index (χ0n) is 17.3. The van der Waals surface area contributed by atoms with E-state index in [-0.39, 0.29) is 60.1 Å². The first-order chi connectivity index (χ1) is 13.9. The predicted octanol–water partition coefficient (Wildman–Crippen LogP) is -0.725. The van der Waals surface area contributed by atoms with Gasteiger partial charge in [0.15, 0.2) is 12.4 Å². The van der Waals surface area contributed by atoms with Crippen LogP contribution in [0.2, 0.25) is 0 Å². The summed E-state index contributed by atoms with van der Waals surface area (Å²) in [6, 6.07) is 3.78. The molecule has 1 N–H and O–H groups in total. The number of aryl methyl sites for hydroxylation is 1. The van der Waals surface area contributed by atoms with Gasteiger partial charge in [-0.05, 0) is 31.9 Å². The Bertz CT molecular complexity index is 882. The maximum absolute atomic E-state index is 12.5. The summed E-state index contributed by atoms with van der Waals surface area (Å²) >= 11 is 0.990. The maximum Gasteiger partial charge on any atom is 0.348 e. The second-order valence-corrected chi connectivity index (χ2v) is 7.23. The van der Waals surface area contributed by atoms with Crippen LogP contribution in [0.3, 0.4) is 0 Å². The number of esters is 2. The number of hydrogen-bond acceptors (Lipinski definition) is 7. The van der Waals surface area contributed by atoms with Crippen molar-refractivity contribution in [1.82, 2.24) is 0 Å². The highest BCUT2D eigenvalue weighted by Gasteiger charge is 2.28. The van der Waals surface area contributed by atoms with Crippen molar-refractivity contribution < 1.29 is 45.6 Å². The minimum Gasteiger partial charge on any atom is -1.00 e. The van der Waals surface area contributed by atoms with Gasteiger partial charge < -0.3 is 31.9 Å². The maximum atomic E-state index is 12.5. The molecule has 10 heteroatoms. The molecule has 0 spiro atoms. The molecule has 2 aromatic heterocycles. The van der Waals surface area contributed by atoms with Gasteiger partial charge in [0, 0.05) is 19.2 Å². The second kappa shape index (κ2) is 12.3. The lowest BCUT2D eigenvalue weighted by Crippen LogP contribution is -3.00. The normalized spacial score (nSPS) is 10.1. The summed E-state index contributed by atoms with van der Waals surface area (Å²) in [7, 11) is 1.50. The van der Waals surface area contributed by atoms with Crippen molar-refractivity contribution in [3.8, 4) is 0 Å². The number of rotatable bonds is 9. The van der Waals surface area contributed by atoms with Crippen LogP contribution in [0, 0.1) is 13.8 Å². The third kappa shape index (κ3) is 6.79. The number of aromatic nitrogens is 1. The standard InChI is InChI=1S/C20H24N2O6S.ClH/c1-5-27-19(24)16-14(3)17(20(25)28-11-10-26-4)29-18(16)21-15(23)12-22-8-6-13(2)7-9-22;/h6-9H,5,10-12H2,1-4H3;1H. The van der Waals surface area contributed by atoms with Gasteiger partial charge in [0.2, 0.25) is 6.54 Å². The molecule has 164 valence electrons. The number of pyridine rings is 1. The lowest BCUT2D eigenvalue weighted by molar-refractivity contribution is -0.684. The third-order valence-electron chi connectivity index (χ3n) is 3.97. The number of ether oxygens (including phenoxy) is 3. The summed E-state index contributed by atoms with van der Waals surface area (Å²) in [4.78, 5) is 37.5. The van der Waals surface area contributed by atoms with E-state index in [1.165, 1.54) is 7.11 Å². The van der Waals surface area contributed by atoms with Gasteiger partial charge in [0.05, 0.1) is 18.8 Å². The van der Waals surface area contributed by atoms with Gasteiger partial charge in [-0.3, -0.25) is 4.79 Å². The predicted molar refractivity (Wildman–Crippen MR) is 107 cm³/mol. The van der Waals surface area contributed by atoms with E-state index in [1.54, 1.807) is 30.8 Å². The van der Waals surface area contributed by atoms with Crippen molar-refractivity contribution in [2.45, 2.75) is 27.3 Å². The first-order valence-electron chi connectivity index (χ1n) is 9.09. The average molecular weight is 457 g/mol. The number of methoxy groups -OCH3 is 1. The van der Waals surface area contributed by atoms with Crippen LogP contribution < -0.4 is 22.3 Å². The molecule has 0 atom stereocenters. The fraction of sp³-hybridized carbons (Fsp3) is 0.400. The number of nitrogens with one attached hydrogen (secondary N) is 1. The molecule has 1 amide bonds. The highest BCUT2D eigenvalue weighted by Crippen LogP contribution is 2.34. The van der Waals surface area contributed by atoms with Gasteiger partial charge in [-0.1, -0.05) is 0 Å². The van der Waals surface area contributed by atoms with E-state index in [0.29, 0.717) is 5.56 Å². The van der Waals surface area contributed by atoms with E-state index in [4.69, 9.17) is 14.2 Å². The lowest BCUT2D eigenvalue weighted by Gasteiger charge is -2.06. The number of carbonyl (C=O) groups is 3. The van der Waals surface area contributed by atoms with Gasteiger partial charge in [0.1, 0.15) is 16.5 Å². The summed E-state index contributed by atoms with van der Waals surface area (Å²) < 4.78 is 16.8. The van der Waals surface area contributed by atoms with Crippen molar-refractivity contribution in [2.24, 2.45) is 0 Å². The fourth-order valence-electron chi connectivity index (χ4n) is 2.50. The SMILES string of the molecule is CCOC(=O)c1c(NC(=O)C[n+]2ccc(C)cc2)sc(C(=O)OCCOC)c1C.[Cl-]. The molecular formula is C20H25ClN2O6S. The van der Waals surface area contributed by atoms with Gasteiger partial charge in [-0.15, -0.1) is 11.3 Å². The molecule has 0 aromatic carbocycles. The van der Waals surface area contributed by atoms with E-state index in [2.05, 4.69) is 5.32 Å². The molecule has 0 fully saturated rings. The molecule has 0 aliphatic rings. The van der Waals surface area contributed by atoms with Crippen molar-refractivity contribution >= 4 is 34.2 Å². The first-order valence-corrected chi connectivity index (χ1v) is 9.91. The number of carbonyl (C=O) groups excluding carboxylic acids is 3. The van der Waals surface area contributed by atoms with Crippen molar-refractivity contribution in [3.63, 3.8) is 0 Å². The van der Waals surface area contributed by atoms with Crippen LogP contribution in [0.15, 0.2) is 24.5 Å². The smallest absolute Gasteiger partial charge is 0.348 e. The Balaban J connectivity index is 0.00000450. The second-order valence-electron chi connectivity index (χ2n) is 6.21. The minimum absolute atomic E-state index is 0. The molecule has 30 heavy (non-hydrogen) atoms. The van der Waals surface area contributed by atoms with E-state index < -0.39 is 11.9 Å². The number of nitrogens with zero attached hydrogens (tertiary/aromatic N) is 1. The molecule has 8 nitrogen and oxygen atoms in total. The van der Waals surface area contributed by atoms with Crippen LogP contribution in [-0.2, 0) is 25.5 Å². The molecule has 0 saturated carbocycles. The van der Waals surface area contributed by atoms with Gasteiger partial charge in [-0.2, -0.15) is 4.57 Å². The van der Waals surface area contributed by atoms with Crippen LogP contribution in [0.5, 0.6) is 0 Å². The summed E-state index contributed by atoms with van der Waals surface area (Å²) in [5.41, 5.74) is 1.66. The zero-order chi connectivity index (χ0) is 21.4. The fourth-order valence-corrected chi connectivity index (χ4v) is 3.60. The van der Waals surface area contributed by atoms with Crippen LogP contribution in [0.25, 0.3) is 0 Å². The van der Waals surface area contributed by atoms with Crippen LogP contribution in [0.4, 0.5) is 5.00 Å². The average Bonchev–Trinajstić information content (AvgIpc) is 3.00. The van der Waals surface area contributed by atoms with Gasteiger partial charge >= 0.3 is 11.9 Å². The van der Waals surface area contributed by atoms with E-state index in [9.17, 15) is 14.4 Å². The van der Waals surface area contributed by atoms with E-state index in [1.807, 2.05) is 19.1 Å². The molecule has 0 radical (unpaired) electrons. The quantitative estimate of drug-likeness (QED) is 0.304. The Hall–Kier alpha value is -2.49. The Morgan fingerprint density at radius 2 is 1.73 bits per heavy atom. The number of amides is 1. The Morgan fingerprint density at radius 1 is 1.07 bits per heavy atom. The highest BCUT2D eigenvalue weighted by molar-refractivity contribution is 7.18. The van der Waals surface area contributed by atoms with Crippen molar-refractivity contribution in [2.75, 3.05) is 32.2 Å². The van der Waals surface area contributed by atoms with Gasteiger partial charge in [-0.25, -0.2) is 9.59 Å². The van der Waals surface area contributed by atoms with Crippen LogP contribution in [-0.4, -0.2) is 44.8 Å². The summed E-state index contributed by atoms with van der Waals surface area (Å²) in [5, 5.41) is 2.98. The molecule has 2 rings (SSSR count). The largest absolute Gasteiger partial charge is 1.00 e. The third-order valence-corrected chi connectivity index (χ3v) is 5.16. The number of hydrogen-bond donors (Lipinski definition) is 1. The van der Waals surface area contributed by atoms with Crippen molar-refractivity contribution in [1.29, 1.82) is 0 Å². The van der Waals surface area contributed by atoms with Crippen LogP contribution in [0.1, 0.15) is 38.1 Å². The molecule has 0 unspecified atom stereocenters. The number of thiophene rings is 1. The minimum atomic E-state index is -0.601. The molecule has 0 bridgehead atoms. The molecule has 0 saturated heterocycles. The number of halogens is 1. The Morgan fingerprint density at radius 3 is 2.33 bits per heavy atom. The monoisotopic (exact) mass is 456 g/mol. The molecule has 2 heterocycles. The highest BCUT2D eigenvalue weighted by atomic mass is 35.5. The first kappa shape index (κ1) is 25.5. The Kier molecular flexibility index (Phi) is 10.4. The van der Waals surface area contributed by atoms with Gasteiger partial charge in [0.25, 0.3) is 5.91 Å². The van der Waals surface area contributed by atoms with E-state index in [0.717, 1.165) is 16.9 Å². The topological polar surface area (TPSA) is 94.8 Å². The van der Waals surface area contributed by atoms with Crippen LogP contribution >= 0.6 is 11.3 Å². The van der Waals surface area contributed by atoms with E-state index >= 15 is 0 Å². The molecule has 2 aromatic rings. The lowest BCUT2D eigenvalue weighted by atomic mass is 10.1. The summed E-state index contributed by atoms with van der Waals surface area (Å²) in [6.07, 6.45) is 3.58. The number of anilines is 1. The molecule has 0 aliphatic heterocycles. The zero-order valence-corrected chi connectivity index (χ0v) is 18.9. The Labute approximate surface area is 185 Å². The summed E-state index contributed by atoms with van der Waals surface area (Å²) in [5.74, 6) is -1.51. The molecular weight excluding hydrogens is 432 g/mol. The van der Waals surface area contributed by atoms with Crippen molar-refractivity contribution in [3.05, 3.63) is 46.1 Å². The summed E-state index contributed by atoms with van der Waals surface area (Å²) in [6.45, 7) is 5.86. The molecule has 0 aliphatic carbocycles.